The Hall–Kier alpha value is -6.84. The molecule has 3 heteroatoms. The monoisotopic (exact) mass is 693 g/mol. The third kappa shape index (κ3) is 4.68. The van der Waals surface area contributed by atoms with Crippen molar-refractivity contribution in [2.45, 2.75) is 19.3 Å². The molecule has 0 fully saturated rings. The largest absolute Gasteiger partial charge is 0.456 e. The second kappa shape index (κ2) is 11.6. The Kier molecular flexibility index (Phi) is 6.60. The molecule has 54 heavy (non-hydrogen) atoms. The first-order valence-corrected chi connectivity index (χ1v) is 18.6. The van der Waals surface area contributed by atoms with Crippen molar-refractivity contribution >= 4 is 60.9 Å². The molecule has 0 spiro atoms. The van der Waals surface area contributed by atoms with E-state index in [-0.39, 0.29) is 5.41 Å². The third-order valence-corrected chi connectivity index (χ3v) is 11.5. The number of hydrogen-bond donors (Lipinski definition) is 0. The Morgan fingerprint density at radius 3 is 1.54 bits per heavy atom. The van der Waals surface area contributed by atoms with Gasteiger partial charge in [-0.15, -0.1) is 0 Å². The summed E-state index contributed by atoms with van der Waals surface area (Å²) in [5.41, 5.74) is 16.6. The molecule has 11 rings (SSSR count). The minimum atomic E-state index is -0.116. The molecular weight excluding hydrogens is 659 g/mol. The first-order valence-electron chi connectivity index (χ1n) is 18.6. The Labute approximate surface area is 313 Å². The molecule has 3 nitrogen and oxygen atoms in total. The lowest BCUT2D eigenvalue weighted by Crippen LogP contribution is -2.16. The van der Waals surface area contributed by atoms with Crippen LogP contribution in [-0.4, -0.2) is 0 Å². The van der Waals surface area contributed by atoms with Gasteiger partial charge in [0.1, 0.15) is 22.3 Å². The van der Waals surface area contributed by atoms with Crippen LogP contribution in [0.25, 0.3) is 77.3 Å². The summed E-state index contributed by atoms with van der Waals surface area (Å²) >= 11 is 0. The number of furan rings is 2. The quantitative estimate of drug-likeness (QED) is 0.180. The Morgan fingerprint density at radius 1 is 0.352 bits per heavy atom. The van der Waals surface area contributed by atoms with Crippen LogP contribution >= 0.6 is 0 Å². The summed E-state index contributed by atoms with van der Waals surface area (Å²) < 4.78 is 13.0. The van der Waals surface area contributed by atoms with E-state index in [0.717, 1.165) is 66.5 Å². The first kappa shape index (κ1) is 30.8. The minimum Gasteiger partial charge on any atom is -0.456 e. The van der Waals surface area contributed by atoms with Gasteiger partial charge < -0.3 is 13.7 Å². The van der Waals surface area contributed by atoms with Crippen LogP contribution in [0.15, 0.2) is 185 Å². The van der Waals surface area contributed by atoms with Gasteiger partial charge in [0.15, 0.2) is 0 Å². The van der Waals surface area contributed by atoms with Crippen LogP contribution in [0.2, 0.25) is 0 Å². The van der Waals surface area contributed by atoms with Crippen molar-refractivity contribution < 1.29 is 8.83 Å². The van der Waals surface area contributed by atoms with Crippen molar-refractivity contribution in [3.05, 3.63) is 187 Å². The fraction of sp³-hybridized carbons (Fsp3) is 0.0588. The maximum atomic E-state index is 6.57. The third-order valence-electron chi connectivity index (χ3n) is 11.5. The van der Waals surface area contributed by atoms with E-state index in [0.29, 0.717) is 0 Å². The fourth-order valence-corrected chi connectivity index (χ4v) is 8.70. The highest BCUT2D eigenvalue weighted by Crippen LogP contribution is 2.51. The molecule has 0 aliphatic heterocycles. The van der Waals surface area contributed by atoms with Crippen LogP contribution in [0.3, 0.4) is 0 Å². The average molecular weight is 694 g/mol. The number of benzene rings is 8. The van der Waals surface area contributed by atoms with E-state index >= 15 is 0 Å². The molecule has 10 aromatic rings. The van der Waals surface area contributed by atoms with Gasteiger partial charge in [0, 0.05) is 44.0 Å². The van der Waals surface area contributed by atoms with Crippen LogP contribution in [0.4, 0.5) is 17.1 Å². The summed E-state index contributed by atoms with van der Waals surface area (Å²) in [6.07, 6.45) is 0. The van der Waals surface area contributed by atoms with Gasteiger partial charge in [-0.2, -0.15) is 0 Å². The molecule has 0 amide bonds. The lowest BCUT2D eigenvalue weighted by molar-refractivity contribution is 0.660. The zero-order valence-electron chi connectivity index (χ0n) is 30.0. The Balaban J connectivity index is 1.07. The van der Waals surface area contributed by atoms with Crippen molar-refractivity contribution in [2.75, 3.05) is 4.90 Å². The number of rotatable bonds is 5. The van der Waals surface area contributed by atoms with Crippen LogP contribution < -0.4 is 4.90 Å². The lowest BCUT2D eigenvalue weighted by Gasteiger charge is -2.28. The number of fused-ring (bicyclic) bond motifs is 9. The highest BCUT2D eigenvalue weighted by atomic mass is 16.3. The maximum Gasteiger partial charge on any atom is 0.136 e. The highest BCUT2D eigenvalue weighted by Gasteiger charge is 2.35. The van der Waals surface area contributed by atoms with Gasteiger partial charge >= 0.3 is 0 Å². The normalized spacial score (nSPS) is 13.1. The second-order valence-corrected chi connectivity index (χ2v) is 15.0. The molecule has 2 aromatic heterocycles. The van der Waals surface area contributed by atoms with Gasteiger partial charge in [-0.05, 0) is 111 Å². The summed E-state index contributed by atoms with van der Waals surface area (Å²) in [7, 11) is 0. The zero-order chi connectivity index (χ0) is 36.0. The summed E-state index contributed by atoms with van der Waals surface area (Å²) in [6, 6.07) is 63.0. The molecule has 0 radical (unpaired) electrons. The molecule has 2 heterocycles. The van der Waals surface area contributed by atoms with Gasteiger partial charge in [-0.3, -0.25) is 0 Å². The summed E-state index contributed by atoms with van der Waals surface area (Å²) in [4.78, 5) is 2.37. The topological polar surface area (TPSA) is 29.5 Å². The van der Waals surface area contributed by atoms with E-state index in [2.05, 4.69) is 189 Å². The van der Waals surface area contributed by atoms with Crippen LogP contribution in [-0.2, 0) is 5.41 Å². The predicted molar refractivity (Wildman–Crippen MR) is 224 cm³/mol. The van der Waals surface area contributed by atoms with E-state index < -0.39 is 0 Å². The lowest BCUT2D eigenvalue weighted by atomic mass is 9.82. The SMILES string of the molecule is CC1(C)c2ccccc2-c2ccc(N(c3ccc(-c4ccccc4)cc3)c3ccc4oc5cc6c(cc5c4c3)oc3ccc(-c4ccccc4)cc36)cc21. The van der Waals surface area contributed by atoms with Gasteiger partial charge in [-0.1, -0.05) is 123 Å². The molecule has 0 saturated carbocycles. The summed E-state index contributed by atoms with van der Waals surface area (Å²) in [5, 5.41) is 4.22. The van der Waals surface area contributed by atoms with Crippen molar-refractivity contribution in [3.63, 3.8) is 0 Å². The molecule has 0 bridgehead atoms. The average Bonchev–Trinajstić information content (AvgIpc) is 3.84. The van der Waals surface area contributed by atoms with Crippen LogP contribution in [0.5, 0.6) is 0 Å². The molecule has 1 aliphatic rings. The Bertz CT molecular complexity index is 3060. The Morgan fingerprint density at radius 2 is 0.833 bits per heavy atom. The predicted octanol–water partition coefficient (Wildman–Crippen LogP) is 14.6. The van der Waals surface area contributed by atoms with Crippen molar-refractivity contribution in [2.24, 2.45) is 0 Å². The fourth-order valence-electron chi connectivity index (χ4n) is 8.70. The van der Waals surface area contributed by atoms with Gasteiger partial charge in [0.2, 0.25) is 0 Å². The number of anilines is 3. The highest BCUT2D eigenvalue weighted by molar-refractivity contribution is 6.15. The second-order valence-electron chi connectivity index (χ2n) is 15.0. The van der Waals surface area contributed by atoms with E-state index in [1.165, 1.54) is 38.9 Å². The first-order chi connectivity index (χ1) is 26.5. The van der Waals surface area contributed by atoms with Gasteiger partial charge in [0.05, 0.1) is 0 Å². The zero-order valence-corrected chi connectivity index (χ0v) is 30.0. The molecule has 0 unspecified atom stereocenters. The molecule has 256 valence electrons. The van der Waals surface area contributed by atoms with Crippen molar-refractivity contribution in [3.8, 4) is 33.4 Å². The summed E-state index contributed by atoms with van der Waals surface area (Å²) in [5.74, 6) is 0. The number of nitrogens with zero attached hydrogens (tertiary/aromatic N) is 1. The maximum absolute atomic E-state index is 6.57. The van der Waals surface area contributed by atoms with E-state index in [4.69, 9.17) is 8.83 Å². The van der Waals surface area contributed by atoms with Crippen molar-refractivity contribution in [1.29, 1.82) is 0 Å². The standard InChI is InChI=1S/C51H35NO2/c1-51(2)45-16-10-9-15-39(45)40-24-22-38(29-46(40)51)52(36-20-17-34(18-21-36)32-11-5-3-6-12-32)37-23-26-48-42(28-37)44-31-49-43(30-50(44)54-48)41-27-35(19-25-47(41)53-49)33-13-7-4-8-14-33/h3-31H,1-2H3. The smallest absolute Gasteiger partial charge is 0.136 e. The van der Waals surface area contributed by atoms with Crippen LogP contribution in [0.1, 0.15) is 25.0 Å². The van der Waals surface area contributed by atoms with Crippen molar-refractivity contribution in [1.82, 2.24) is 0 Å². The van der Waals surface area contributed by atoms with E-state index in [1.54, 1.807) is 0 Å². The number of hydrogen-bond acceptors (Lipinski definition) is 3. The van der Waals surface area contributed by atoms with E-state index in [9.17, 15) is 0 Å². The molecule has 1 aliphatic carbocycles. The molecular formula is C51H35NO2. The molecule has 0 saturated heterocycles. The molecule has 0 atom stereocenters. The minimum absolute atomic E-state index is 0.116. The summed E-state index contributed by atoms with van der Waals surface area (Å²) in [6.45, 7) is 4.68. The van der Waals surface area contributed by atoms with E-state index in [1.807, 2.05) is 6.07 Å². The van der Waals surface area contributed by atoms with Gasteiger partial charge in [0.25, 0.3) is 0 Å². The van der Waals surface area contributed by atoms with Crippen LogP contribution in [0, 0.1) is 0 Å². The molecule has 0 N–H and O–H groups in total. The molecule has 8 aromatic carbocycles. The van der Waals surface area contributed by atoms with Gasteiger partial charge in [-0.25, -0.2) is 0 Å².